The Morgan fingerprint density at radius 3 is 2.13 bits per heavy atom. The Kier molecular flexibility index (Phi) is 7.58. The van der Waals surface area contributed by atoms with Gasteiger partial charge in [-0.15, -0.1) is 0 Å². The Morgan fingerprint density at radius 2 is 1.65 bits per heavy atom. The summed E-state index contributed by atoms with van der Waals surface area (Å²) in [5, 5.41) is 7.12. The number of carbonyl (C=O) groups is 1. The quantitative estimate of drug-likeness (QED) is 0.345. The van der Waals surface area contributed by atoms with E-state index in [4.69, 9.17) is 9.90 Å². The molecule has 12 heteroatoms. The van der Waals surface area contributed by atoms with Crippen molar-refractivity contribution in [2.24, 2.45) is 0 Å². The van der Waals surface area contributed by atoms with E-state index < -0.39 is 23.9 Å². The summed E-state index contributed by atoms with van der Waals surface area (Å²) in [5.41, 5.74) is 1.32. The predicted octanol–water partition coefficient (Wildman–Crippen LogP) is 5.61. The molecule has 0 aliphatic carbocycles. The lowest BCUT2D eigenvalue weighted by Gasteiger charge is -2.13. The lowest BCUT2D eigenvalue weighted by Crippen LogP contribution is -2.21. The summed E-state index contributed by atoms with van der Waals surface area (Å²) >= 11 is 4.31. The molecule has 0 bridgehead atoms. The number of carboxylic acid groups (broad SMARTS) is 1. The first-order valence-electron chi connectivity index (χ1n) is 8.53. The Labute approximate surface area is 176 Å². The highest BCUT2D eigenvalue weighted by Gasteiger charge is 2.38. The van der Waals surface area contributed by atoms with E-state index in [0.717, 1.165) is 17.7 Å². The van der Waals surface area contributed by atoms with Crippen LogP contribution in [0.5, 0.6) is 0 Å². The number of halogens is 7. The Balaban J connectivity index is 0.000000423. The van der Waals surface area contributed by atoms with Gasteiger partial charge in [-0.3, -0.25) is 0 Å². The topological polar surface area (TPSA) is 66.0 Å². The number of alkyl halides is 6. The molecule has 0 amide bonds. The molecule has 0 radical (unpaired) electrons. The molecule has 0 spiro atoms. The van der Waals surface area contributed by atoms with Gasteiger partial charge < -0.3 is 10.1 Å². The van der Waals surface area contributed by atoms with Crippen molar-refractivity contribution in [3.63, 3.8) is 0 Å². The highest BCUT2D eigenvalue weighted by atomic mass is 32.1. The smallest absolute Gasteiger partial charge is 0.475 e. The van der Waals surface area contributed by atoms with E-state index in [0.29, 0.717) is 29.0 Å². The first-order valence-corrected chi connectivity index (χ1v) is 9.16. The van der Waals surface area contributed by atoms with Gasteiger partial charge in [0, 0.05) is 11.7 Å². The number of benzene rings is 2. The molecular formula is C19H15F7N2O2S. The number of imidazole rings is 1. The molecule has 168 valence electrons. The molecule has 0 unspecified atom stereocenters. The van der Waals surface area contributed by atoms with Crippen molar-refractivity contribution in [1.29, 1.82) is 0 Å². The van der Waals surface area contributed by atoms with Gasteiger partial charge in [0.1, 0.15) is 11.6 Å². The van der Waals surface area contributed by atoms with Crippen LogP contribution in [0.4, 0.5) is 30.7 Å². The summed E-state index contributed by atoms with van der Waals surface area (Å²) in [5.74, 6) is -2.12. The molecule has 4 nitrogen and oxygen atoms in total. The third-order valence-corrected chi connectivity index (χ3v) is 4.52. The van der Waals surface area contributed by atoms with Crippen LogP contribution in [0.1, 0.15) is 22.9 Å². The van der Waals surface area contributed by atoms with Crippen molar-refractivity contribution in [2.45, 2.75) is 24.7 Å². The highest BCUT2D eigenvalue weighted by molar-refractivity contribution is 7.80. The van der Waals surface area contributed by atoms with E-state index in [2.05, 4.69) is 22.6 Å². The number of aromatic amines is 1. The number of hydrogen-bond donors (Lipinski definition) is 3. The lowest BCUT2D eigenvalue weighted by atomic mass is 9.99. The van der Waals surface area contributed by atoms with Gasteiger partial charge in [0.05, 0.1) is 16.6 Å². The van der Waals surface area contributed by atoms with Gasteiger partial charge in [-0.05, 0) is 42.3 Å². The average Bonchev–Trinajstić information content (AvgIpc) is 3.08. The number of aliphatic carboxylic acids is 1. The summed E-state index contributed by atoms with van der Waals surface area (Å²) < 4.78 is 82.8. The minimum absolute atomic E-state index is 0.111. The van der Waals surface area contributed by atoms with E-state index in [9.17, 15) is 30.7 Å². The Morgan fingerprint density at radius 1 is 1.06 bits per heavy atom. The van der Waals surface area contributed by atoms with Crippen LogP contribution in [0.3, 0.4) is 0 Å². The minimum Gasteiger partial charge on any atom is -0.475 e. The van der Waals surface area contributed by atoms with Crippen molar-refractivity contribution in [3.8, 4) is 0 Å². The number of hydrogen-bond acceptors (Lipinski definition) is 3. The van der Waals surface area contributed by atoms with E-state index >= 15 is 0 Å². The molecule has 0 aliphatic heterocycles. The van der Waals surface area contributed by atoms with E-state index in [-0.39, 0.29) is 11.7 Å². The monoisotopic (exact) mass is 468 g/mol. The van der Waals surface area contributed by atoms with Crippen molar-refractivity contribution < 1.29 is 40.6 Å². The van der Waals surface area contributed by atoms with E-state index in [1.54, 1.807) is 6.07 Å². The number of rotatable bonds is 4. The molecule has 31 heavy (non-hydrogen) atoms. The normalized spacial score (nSPS) is 12.9. The van der Waals surface area contributed by atoms with Crippen LogP contribution in [0.2, 0.25) is 0 Å². The van der Waals surface area contributed by atoms with Crippen molar-refractivity contribution in [3.05, 3.63) is 65.2 Å². The number of aromatic nitrogens is 2. The van der Waals surface area contributed by atoms with Gasteiger partial charge in [-0.25, -0.2) is 14.2 Å². The maximum Gasteiger partial charge on any atom is 0.490 e. The van der Waals surface area contributed by atoms with E-state index in [1.807, 2.05) is 0 Å². The number of nitrogens with one attached hydrogen (secondary N) is 1. The zero-order valence-corrected chi connectivity index (χ0v) is 16.3. The molecule has 2 N–H and O–H groups in total. The van der Waals surface area contributed by atoms with Crippen LogP contribution in [-0.4, -0.2) is 33.0 Å². The van der Waals surface area contributed by atoms with Crippen LogP contribution in [0.25, 0.3) is 11.0 Å². The molecule has 1 aromatic heterocycles. The summed E-state index contributed by atoms with van der Waals surface area (Å²) in [7, 11) is 0. The second kappa shape index (κ2) is 9.58. The SMILES string of the molecule is Fc1ccc2nc([C@@H](CS)Cc3ccc(C(F)(F)F)cc3)[nH]c2c1.O=C(O)C(F)(F)F. The first kappa shape index (κ1) is 24.5. The van der Waals surface area contributed by atoms with Crippen LogP contribution in [0, 0.1) is 5.82 Å². The largest absolute Gasteiger partial charge is 0.490 e. The minimum atomic E-state index is -5.08. The third kappa shape index (κ3) is 6.88. The molecular weight excluding hydrogens is 453 g/mol. The highest BCUT2D eigenvalue weighted by Crippen LogP contribution is 2.30. The standard InChI is InChI=1S/C17H14F4N2S.C2HF3O2/c18-13-5-6-14-15(8-13)23-16(22-14)11(9-24)7-10-1-3-12(4-2-10)17(19,20)21;3-2(4,5)1(6)7/h1-6,8,11,24H,7,9H2,(H,22,23);(H,6,7)/t11-;/m1./s1. The average molecular weight is 468 g/mol. The van der Waals surface area contributed by atoms with Gasteiger partial charge in [-0.1, -0.05) is 12.1 Å². The molecule has 1 heterocycles. The summed E-state index contributed by atoms with van der Waals surface area (Å²) in [4.78, 5) is 16.4. The van der Waals surface area contributed by atoms with Crippen LogP contribution in [-0.2, 0) is 17.4 Å². The second-order valence-electron chi connectivity index (χ2n) is 6.36. The molecule has 1 atom stereocenters. The van der Waals surface area contributed by atoms with Crippen LogP contribution in [0.15, 0.2) is 42.5 Å². The third-order valence-electron chi connectivity index (χ3n) is 4.08. The molecule has 3 aromatic rings. The van der Waals surface area contributed by atoms with Gasteiger partial charge in [-0.2, -0.15) is 39.0 Å². The zero-order valence-electron chi connectivity index (χ0n) is 15.4. The van der Waals surface area contributed by atoms with Gasteiger partial charge in [0.15, 0.2) is 0 Å². The number of H-pyrrole nitrogens is 1. The number of nitrogens with zero attached hydrogens (tertiary/aromatic N) is 1. The van der Waals surface area contributed by atoms with Gasteiger partial charge in [0.25, 0.3) is 0 Å². The number of thiol groups is 1. The van der Waals surface area contributed by atoms with Gasteiger partial charge >= 0.3 is 18.3 Å². The summed E-state index contributed by atoms with van der Waals surface area (Å²) in [6, 6.07) is 9.33. The maximum atomic E-state index is 13.3. The molecule has 3 rings (SSSR count). The van der Waals surface area contributed by atoms with Crippen molar-refractivity contribution in [2.75, 3.05) is 5.75 Å². The molecule has 0 aliphatic rings. The Bertz CT molecular complexity index is 1030. The fraction of sp³-hybridized carbons (Fsp3) is 0.263. The fourth-order valence-corrected chi connectivity index (χ4v) is 2.86. The summed E-state index contributed by atoms with van der Waals surface area (Å²) in [6.45, 7) is 0. The second-order valence-corrected chi connectivity index (χ2v) is 6.73. The molecule has 0 saturated carbocycles. The van der Waals surface area contributed by atoms with Gasteiger partial charge in [0.2, 0.25) is 0 Å². The van der Waals surface area contributed by atoms with Crippen molar-refractivity contribution >= 4 is 29.6 Å². The Hall–Kier alpha value is -2.76. The maximum absolute atomic E-state index is 13.3. The van der Waals surface area contributed by atoms with Crippen molar-refractivity contribution in [1.82, 2.24) is 9.97 Å². The fourth-order valence-electron chi connectivity index (χ4n) is 2.56. The number of fused-ring (bicyclic) bond motifs is 1. The predicted molar refractivity (Wildman–Crippen MR) is 101 cm³/mol. The molecule has 0 fully saturated rings. The molecule has 2 aromatic carbocycles. The zero-order chi connectivity index (χ0) is 23.4. The summed E-state index contributed by atoms with van der Waals surface area (Å²) in [6.07, 6.45) is -8.94. The molecule has 0 saturated heterocycles. The lowest BCUT2D eigenvalue weighted by molar-refractivity contribution is -0.192. The van der Waals surface area contributed by atoms with Crippen LogP contribution >= 0.6 is 12.6 Å². The van der Waals surface area contributed by atoms with E-state index in [1.165, 1.54) is 24.3 Å². The van der Waals surface area contributed by atoms with Crippen LogP contribution < -0.4 is 0 Å². The number of carboxylic acids is 1. The first-order chi connectivity index (χ1) is 14.3.